The number of hydrogen-bond acceptors (Lipinski definition) is 6. The van der Waals surface area contributed by atoms with Gasteiger partial charge in [0.1, 0.15) is 5.56 Å². The molecule has 0 bridgehead atoms. The maximum atomic E-state index is 12.7. The molecule has 10 heteroatoms. The van der Waals surface area contributed by atoms with Crippen LogP contribution in [0.2, 0.25) is 0 Å². The fourth-order valence-electron chi connectivity index (χ4n) is 3.08. The van der Waals surface area contributed by atoms with Gasteiger partial charge in [-0.2, -0.15) is 0 Å². The third-order valence-electron chi connectivity index (χ3n) is 4.73. The SMILES string of the molecule is CN1CCN(C(=O)c2cccc(NC(=S)NC(=O)c3ccccc3[N+](=O)[O-])c2)CC1. The highest BCUT2D eigenvalue weighted by Gasteiger charge is 2.21. The number of benzene rings is 2. The van der Waals surface area contributed by atoms with Gasteiger partial charge in [0.15, 0.2) is 5.11 Å². The first-order valence-corrected chi connectivity index (χ1v) is 9.69. The summed E-state index contributed by atoms with van der Waals surface area (Å²) in [7, 11) is 2.02. The molecule has 3 rings (SSSR count). The summed E-state index contributed by atoms with van der Waals surface area (Å²) < 4.78 is 0. The van der Waals surface area contributed by atoms with Gasteiger partial charge in [0.05, 0.1) is 4.92 Å². The van der Waals surface area contributed by atoms with E-state index in [1.165, 1.54) is 24.3 Å². The molecule has 2 aromatic carbocycles. The summed E-state index contributed by atoms with van der Waals surface area (Å²) >= 11 is 5.15. The van der Waals surface area contributed by atoms with Crippen molar-refractivity contribution >= 4 is 40.5 Å². The Bertz CT molecular complexity index is 989. The first-order valence-electron chi connectivity index (χ1n) is 9.29. The van der Waals surface area contributed by atoms with Gasteiger partial charge in [0.2, 0.25) is 0 Å². The molecule has 1 fully saturated rings. The molecule has 9 nitrogen and oxygen atoms in total. The van der Waals surface area contributed by atoms with Gasteiger partial charge < -0.3 is 15.1 Å². The van der Waals surface area contributed by atoms with Crippen molar-refractivity contribution in [2.45, 2.75) is 0 Å². The second-order valence-electron chi connectivity index (χ2n) is 6.86. The summed E-state index contributed by atoms with van der Waals surface area (Å²) in [5.74, 6) is -0.758. The summed E-state index contributed by atoms with van der Waals surface area (Å²) in [5, 5.41) is 16.3. The van der Waals surface area contributed by atoms with Crippen molar-refractivity contribution in [3.63, 3.8) is 0 Å². The molecule has 156 valence electrons. The minimum Gasteiger partial charge on any atom is -0.336 e. The quantitative estimate of drug-likeness (QED) is 0.437. The first-order chi connectivity index (χ1) is 14.3. The van der Waals surface area contributed by atoms with Crippen LogP contribution in [0.3, 0.4) is 0 Å². The van der Waals surface area contributed by atoms with Crippen molar-refractivity contribution in [1.82, 2.24) is 15.1 Å². The van der Waals surface area contributed by atoms with E-state index >= 15 is 0 Å². The highest BCUT2D eigenvalue weighted by atomic mass is 32.1. The second kappa shape index (κ2) is 9.42. The molecule has 0 aromatic heterocycles. The molecule has 2 N–H and O–H groups in total. The molecule has 2 amide bonds. The number of anilines is 1. The number of amides is 2. The predicted molar refractivity (Wildman–Crippen MR) is 117 cm³/mol. The Labute approximate surface area is 178 Å². The van der Waals surface area contributed by atoms with Gasteiger partial charge in [-0.1, -0.05) is 18.2 Å². The van der Waals surface area contributed by atoms with Gasteiger partial charge in [0, 0.05) is 43.5 Å². The predicted octanol–water partition coefficient (Wildman–Crippen LogP) is 2.11. The fraction of sp³-hybridized carbons (Fsp3) is 0.250. The van der Waals surface area contributed by atoms with E-state index in [1.54, 1.807) is 29.2 Å². The Kier molecular flexibility index (Phi) is 6.70. The molecule has 0 radical (unpaired) electrons. The molecular weight excluding hydrogens is 406 g/mol. The zero-order chi connectivity index (χ0) is 21.7. The molecule has 0 saturated carbocycles. The van der Waals surface area contributed by atoms with Crippen molar-refractivity contribution in [2.24, 2.45) is 0 Å². The van der Waals surface area contributed by atoms with E-state index in [0.29, 0.717) is 24.3 Å². The van der Waals surface area contributed by atoms with Crippen LogP contribution >= 0.6 is 12.2 Å². The lowest BCUT2D eigenvalue weighted by Crippen LogP contribution is -2.47. The number of carbonyl (C=O) groups excluding carboxylic acids is 2. The fourth-order valence-corrected chi connectivity index (χ4v) is 3.29. The molecular formula is C20H21N5O4S. The lowest BCUT2D eigenvalue weighted by Gasteiger charge is -2.32. The maximum absolute atomic E-state index is 12.7. The van der Waals surface area contributed by atoms with Crippen LogP contribution in [0.1, 0.15) is 20.7 Å². The Morgan fingerprint density at radius 1 is 1.07 bits per heavy atom. The average Bonchev–Trinajstić information content (AvgIpc) is 2.73. The number of likely N-dealkylation sites (N-methyl/N-ethyl adjacent to an activating group) is 1. The molecule has 0 aliphatic carbocycles. The standard InChI is InChI=1S/C20H21N5O4S/c1-23-9-11-24(12-10-23)19(27)14-5-4-6-15(13-14)21-20(30)22-18(26)16-7-2-3-8-17(16)25(28)29/h2-8,13H,9-12H2,1H3,(H2,21,22,26,30). The average molecular weight is 427 g/mol. The molecule has 30 heavy (non-hydrogen) atoms. The van der Waals surface area contributed by atoms with Crippen LogP contribution in [0.5, 0.6) is 0 Å². The van der Waals surface area contributed by atoms with Crippen LogP contribution in [-0.4, -0.2) is 64.9 Å². The minimum atomic E-state index is -0.690. The Hall–Kier alpha value is -3.37. The molecule has 0 atom stereocenters. The van der Waals surface area contributed by atoms with Gasteiger partial charge in [-0.15, -0.1) is 0 Å². The van der Waals surface area contributed by atoms with Gasteiger partial charge in [0.25, 0.3) is 17.5 Å². The third kappa shape index (κ3) is 5.16. The van der Waals surface area contributed by atoms with Crippen LogP contribution in [0.15, 0.2) is 48.5 Å². The summed E-state index contributed by atoms with van der Waals surface area (Å²) in [4.78, 5) is 39.5. The molecule has 0 unspecified atom stereocenters. The number of thiocarbonyl (C=S) groups is 1. The Morgan fingerprint density at radius 3 is 2.47 bits per heavy atom. The summed E-state index contributed by atoms with van der Waals surface area (Å²) in [6, 6.07) is 12.4. The number of rotatable bonds is 4. The normalized spacial score (nSPS) is 14.1. The second-order valence-corrected chi connectivity index (χ2v) is 7.27. The van der Waals surface area contributed by atoms with E-state index in [9.17, 15) is 19.7 Å². The van der Waals surface area contributed by atoms with Crippen LogP contribution in [0.4, 0.5) is 11.4 Å². The van der Waals surface area contributed by atoms with Crippen molar-refractivity contribution in [1.29, 1.82) is 0 Å². The molecule has 1 aliphatic rings. The minimum absolute atomic E-state index is 0.0256. The summed E-state index contributed by atoms with van der Waals surface area (Å²) in [6.45, 7) is 2.98. The van der Waals surface area contributed by atoms with E-state index in [2.05, 4.69) is 15.5 Å². The van der Waals surface area contributed by atoms with Gasteiger partial charge >= 0.3 is 0 Å². The van der Waals surface area contributed by atoms with Gasteiger partial charge in [-0.3, -0.25) is 25.0 Å². The van der Waals surface area contributed by atoms with Crippen LogP contribution in [0, 0.1) is 10.1 Å². The number of hydrogen-bond donors (Lipinski definition) is 2. The molecule has 0 spiro atoms. The van der Waals surface area contributed by atoms with E-state index in [-0.39, 0.29) is 22.3 Å². The van der Waals surface area contributed by atoms with E-state index < -0.39 is 10.8 Å². The maximum Gasteiger partial charge on any atom is 0.282 e. The topological polar surface area (TPSA) is 108 Å². The van der Waals surface area contributed by atoms with Crippen molar-refractivity contribution < 1.29 is 14.5 Å². The largest absolute Gasteiger partial charge is 0.336 e. The zero-order valence-electron chi connectivity index (χ0n) is 16.3. The highest BCUT2D eigenvalue weighted by molar-refractivity contribution is 7.80. The lowest BCUT2D eigenvalue weighted by atomic mass is 10.1. The van der Waals surface area contributed by atoms with Crippen molar-refractivity contribution in [3.05, 3.63) is 69.8 Å². The van der Waals surface area contributed by atoms with Crippen molar-refractivity contribution in [2.75, 3.05) is 38.5 Å². The van der Waals surface area contributed by atoms with E-state index in [1.807, 2.05) is 7.05 Å². The number of para-hydroxylation sites is 1. The third-order valence-corrected chi connectivity index (χ3v) is 4.93. The Balaban J connectivity index is 1.65. The monoisotopic (exact) mass is 427 g/mol. The van der Waals surface area contributed by atoms with Crippen LogP contribution < -0.4 is 10.6 Å². The summed E-state index contributed by atoms with van der Waals surface area (Å²) in [6.07, 6.45) is 0. The highest BCUT2D eigenvalue weighted by Crippen LogP contribution is 2.18. The number of carbonyl (C=O) groups is 2. The van der Waals surface area contributed by atoms with Crippen LogP contribution in [-0.2, 0) is 0 Å². The number of piperazine rings is 1. The van der Waals surface area contributed by atoms with Gasteiger partial charge in [-0.25, -0.2) is 0 Å². The zero-order valence-corrected chi connectivity index (χ0v) is 17.1. The molecule has 1 aliphatic heterocycles. The molecule has 1 saturated heterocycles. The summed E-state index contributed by atoms with van der Waals surface area (Å²) in [5.41, 5.74) is 0.642. The van der Waals surface area contributed by atoms with Gasteiger partial charge in [-0.05, 0) is 43.5 Å². The molecule has 1 heterocycles. The molecule has 2 aromatic rings. The van der Waals surface area contributed by atoms with Crippen molar-refractivity contribution in [3.8, 4) is 0 Å². The van der Waals surface area contributed by atoms with E-state index in [0.717, 1.165) is 13.1 Å². The first kappa shape index (κ1) is 21.3. The Morgan fingerprint density at radius 2 is 1.77 bits per heavy atom. The smallest absolute Gasteiger partial charge is 0.282 e. The number of nitrogens with one attached hydrogen (secondary N) is 2. The number of nitro benzene ring substituents is 1. The number of nitrogens with zero attached hydrogens (tertiary/aromatic N) is 3. The van der Waals surface area contributed by atoms with Crippen LogP contribution in [0.25, 0.3) is 0 Å². The lowest BCUT2D eigenvalue weighted by molar-refractivity contribution is -0.385. The number of nitro groups is 1. The van der Waals surface area contributed by atoms with E-state index in [4.69, 9.17) is 12.2 Å².